The van der Waals surface area contributed by atoms with Crippen LogP contribution in [0.2, 0.25) is 0 Å². The van der Waals surface area contributed by atoms with Gasteiger partial charge in [-0.1, -0.05) is 20.8 Å². The van der Waals surface area contributed by atoms with Crippen LogP contribution in [0.4, 0.5) is 0 Å². The molecule has 146 valence electrons. The van der Waals surface area contributed by atoms with Crippen molar-refractivity contribution in [2.75, 3.05) is 26.7 Å². The first-order valence-corrected chi connectivity index (χ1v) is 8.91. The van der Waals surface area contributed by atoms with Gasteiger partial charge in [0.25, 0.3) is 0 Å². The van der Waals surface area contributed by atoms with Crippen molar-refractivity contribution in [3.8, 4) is 0 Å². The number of hydrogen-bond donors (Lipinski definition) is 2. The molecule has 0 radical (unpaired) electrons. The fraction of sp³-hybridized carbons (Fsp3) is 0.778. The van der Waals surface area contributed by atoms with Crippen LogP contribution in [0.25, 0.3) is 0 Å². The maximum atomic E-state index is 5.57. The Morgan fingerprint density at radius 1 is 1.32 bits per heavy atom. The smallest absolute Gasteiger partial charge is 0.191 e. The van der Waals surface area contributed by atoms with E-state index >= 15 is 0 Å². The average molecular weight is 465 g/mol. The summed E-state index contributed by atoms with van der Waals surface area (Å²) in [6.45, 7) is 14.1. The number of nitrogens with zero attached hydrogens (tertiary/aromatic N) is 3. The quantitative estimate of drug-likeness (QED) is 0.255. The second-order valence-electron chi connectivity index (χ2n) is 7.11. The Balaban J connectivity index is 0.00000576. The summed E-state index contributed by atoms with van der Waals surface area (Å²) in [4.78, 5) is 8.91. The van der Waals surface area contributed by atoms with Crippen molar-refractivity contribution >= 4 is 29.9 Å². The molecule has 0 spiro atoms. The van der Waals surface area contributed by atoms with Crippen molar-refractivity contribution in [2.45, 2.75) is 60.1 Å². The lowest BCUT2D eigenvalue weighted by Crippen LogP contribution is -2.39. The molecule has 1 rings (SSSR count). The first-order valence-electron chi connectivity index (χ1n) is 8.91. The second kappa shape index (κ2) is 12.5. The van der Waals surface area contributed by atoms with Crippen molar-refractivity contribution in [1.29, 1.82) is 0 Å². The van der Waals surface area contributed by atoms with Crippen LogP contribution in [0.1, 0.15) is 46.4 Å². The molecular formula is C18H36IN5O. The number of imidazole rings is 1. The summed E-state index contributed by atoms with van der Waals surface area (Å²) in [6.07, 6.45) is 6.20. The Hall–Kier alpha value is -0.830. The molecule has 0 aromatic carbocycles. The van der Waals surface area contributed by atoms with Crippen LogP contribution in [0, 0.1) is 12.3 Å². The van der Waals surface area contributed by atoms with Gasteiger partial charge in [-0.15, -0.1) is 24.0 Å². The van der Waals surface area contributed by atoms with Crippen LogP contribution in [-0.2, 0) is 11.3 Å². The van der Waals surface area contributed by atoms with Crippen LogP contribution in [0.3, 0.4) is 0 Å². The number of ether oxygens (including phenoxy) is 1. The van der Waals surface area contributed by atoms with Crippen LogP contribution >= 0.6 is 24.0 Å². The molecule has 0 aliphatic heterocycles. The van der Waals surface area contributed by atoms with Gasteiger partial charge in [-0.25, -0.2) is 4.98 Å². The number of aromatic nitrogens is 2. The minimum Gasteiger partial charge on any atom is -0.379 e. The molecule has 0 saturated heterocycles. The lowest BCUT2D eigenvalue weighted by atomic mass is 9.89. The third-order valence-electron chi connectivity index (χ3n) is 4.05. The second-order valence-corrected chi connectivity index (χ2v) is 7.11. The van der Waals surface area contributed by atoms with E-state index in [2.05, 4.69) is 52.9 Å². The zero-order chi connectivity index (χ0) is 18.0. The number of aryl methyl sites for hydroxylation is 2. The SMILES string of the molecule is CCNC(=NCC(OC)C(C)(C)C)NCCCCn1ccnc1C.I. The van der Waals surface area contributed by atoms with Crippen LogP contribution in [0.5, 0.6) is 0 Å². The van der Waals surface area contributed by atoms with Crippen molar-refractivity contribution in [1.82, 2.24) is 20.2 Å². The normalized spacial score (nSPS) is 13.3. The predicted octanol–water partition coefficient (Wildman–Crippen LogP) is 3.21. The van der Waals surface area contributed by atoms with E-state index in [0.717, 1.165) is 44.3 Å². The first-order chi connectivity index (χ1) is 11.4. The van der Waals surface area contributed by atoms with Gasteiger partial charge in [-0.3, -0.25) is 4.99 Å². The van der Waals surface area contributed by atoms with Crippen molar-refractivity contribution < 1.29 is 4.74 Å². The molecule has 0 aliphatic carbocycles. The Bertz CT molecular complexity index is 496. The molecule has 6 nitrogen and oxygen atoms in total. The Morgan fingerprint density at radius 3 is 2.56 bits per heavy atom. The molecule has 1 aromatic rings. The first kappa shape index (κ1) is 24.2. The molecule has 25 heavy (non-hydrogen) atoms. The standard InChI is InChI=1S/C18H35N5O.HI/c1-7-19-17(22-14-16(24-6)18(3,4)5)21-10-8-9-12-23-13-11-20-15(23)2;/h11,13,16H,7-10,12,14H2,1-6H3,(H2,19,21,22);1H. The number of rotatable bonds is 9. The number of hydrogen-bond acceptors (Lipinski definition) is 3. The van der Waals surface area contributed by atoms with Gasteiger partial charge < -0.3 is 19.9 Å². The third kappa shape index (κ3) is 9.44. The Morgan fingerprint density at radius 2 is 2.04 bits per heavy atom. The fourth-order valence-electron chi connectivity index (χ4n) is 2.47. The van der Waals surface area contributed by atoms with E-state index in [9.17, 15) is 0 Å². The molecule has 1 aromatic heterocycles. The summed E-state index contributed by atoms with van der Waals surface area (Å²) in [7, 11) is 1.75. The van der Waals surface area contributed by atoms with E-state index in [-0.39, 0.29) is 35.5 Å². The molecular weight excluding hydrogens is 429 g/mol. The summed E-state index contributed by atoms with van der Waals surface area (Å²) in [5.41, 5.74) is 0.0816. The minimum atomic E-state index is 0. The van der Waals surface area contributed by atoms with Gasteiger partial charge in [0.15, 0.2) is 5.96 Å². The Labute approximate surface area is 170 Å². The molecule has 2 N–H and O–H groups in total. The highest BCUT2D eigenvalue weighted by molar-refractivity contribution is 14.0. The predicted molar refractivity (Wildman–Crippen MR) is 116 cm³/mol. The lowest BCUT2D eigenvalue weighted by Gasteiger charge is -2.28. The maximum Gasteiger partial charge on any atom is 0.191 e. The van der Waals surface area contributed by atoms with Crippen molar-refractivity contribution in [3.05, 3.63) is 18.2 Å². The maximum absolute atomic E-state index is 5.57. The van der Waals surface area contributed by atoms with E-state index in [1.165, 1.54) is 0 Å². The number of methoxy groups -OCH3 is 1. The van der Waals surface area contributed by atoms with Gasteiger partial charge >= 0.3 is 0 Å². The monoisotopic (exact) mass is 465 g/mol. The van der Waals surface area contributed by atoms with Crippen LogP contribution in [-0.4, -0.2) is 48.4 Å². The molecule has 0 bridgehead atoms. The molecule has 1 atom stereocenters. The number of guanidine groups is 1. The van der Waals surface area contributed by atoms with Gasteiger partial charge in [0.1, 0.15) is 5.82 Å². The minimum absolute atomic E-state index is 0. The molecule has 0 saturated carbocycles. The molecule has 0 fully saturated rings. The van der Waals surface area contributed by atoms with Crippen molar-refractivity contribution in [2.24, 2.45) is 10.4 Å². The van der Waals surface area contributed by atoms with Gasteiger partial charge in [0, 0.05) is 39.1 Å². The number of halogens is 1. The van der Waals surface area contributed by atoms with E-state index < -0.39 is 0 Å². The number of nitrogens with one attached hydrogen (secondary N) is 2. The number of unbranched alkanes of at least 4 members (excludes halogenated alkanes) is 1. The molecule has 0 aliphatic rings. The van der Waals surface area contributed by atoms with E-state index in [4.69, 9.17) is 4.74 Å². The summed E-state index contributed by atoms with van der Waals surface area (Å²) < 4.78 is 7.75. The van der Waals surface area contributed by atoms with Crippen LogP contribution in [0.15, 0.2) is 17.4 Å². The summed E-state index contributed by atoms with van der Waals surface area (Å²) in [6, 6.07) is 0. The zero-order valence-corrected chi connectivity index (χ0v) is 19.0. The van der Waals surface area contributed by atoms with Gasteiger partial charge in [-0.2, -0.15) is 0 Å². The fourth-order valence-corrected chi connectivity index (χ4v) is 2.47. The number of aliphatic imine (C=N–C) groups is 1. The van der Waals surface area contributed by atoms with Gasteiger partial charge in [-0.05, 0) is 32.1 Å². The highest BCUT2D eigenvalue weighted by atomic mass is 127. The highest BCUT2D eigenvalue weighted by Gasteiger charge is 2.23. The molecule has 7 heteroatoms. The Kier molecular flexibility index (Phi) is 12.1. The van der Waals surface area contributed by atoms with E-state index in [1.54, 1.807) is 7.11 Å². The zero-order valence-electron chi connectivity index (χ0n) is 16.6. The van der Waals surface area contributed by atoms with Gasteiger partial charge in [0.05, 0.1) is 12.6 Å². The largest absolute Gasteiger partial charge is 0.379 e. The summed E-state index contributed by atoms with van der Waals surface area (Å²) >= 11 is 0. The van der Waals surface area contributed by atoms with Crippen LogP contribution < -0.4 is 10.6 Å². The average Bonchev–Trinajstić information content (AvgIpc) is 2.91. The van der Waals surface area contributed by atoms with Gasteiger partial charge in [0.2, 0.25) is 0 Å². The van der Waals surface area contributed by atoms with E-state index in [0.29, 0.717) is 6.54 Å². The molecule has 0 amide bonds. The molecule has 1 heterocycles. The third-order valence-corrected chi connectivity index (χ3v) is 4.05. The lowest BCUT2D eigenvalue weighted by molar-refractivity contribution is 0.0241. The molecule has 1 unspecified atom stereocenters. The topological polar surface area (TPSA) is 63.5 Å². The summed E-state index contributed by atoms with van der Waals surface area (Å²) in [5, 5.41) is 6.70. The van der Waals surface area contributed by atoms with Crippen molar-refractivity contribution in [3.63, 3.8) is 0 Å². The summed E-state index contributed by atoms with van der Waals surface area (Å²) in [5.74, 6) is 1.94. The van der Waals surface area contributed by atoms with E-state index in [1.807, 2.05) is 19.3 Å². The highest BCUT2D eigenvalue weighted by Crippen LogP contribution is 2.21.